The molecule has 3 rings (SSSR count). The van der Waals surface area contributed by atoms with Gasteiger partial charge in [0.05, 0.1) is 9.92 Å². The summed E-state index contributed by atoms with van der Waals surface area (Å²) < 4.78 is 25.2. The molecule has 10 heteroatoms. The number of hydrogen-bond donors (Lipinski definition) is 2. The minimum Gasteiger partial charge on any atom is -0.358 e. The summed E-state index contributed by atoms with van der Waals surface area (Å²) in [6.45, 7) is 0.0717. The van der Waals surface area contributed by atoms with Crippen molar-refractivity contribution in [2.75, 3.05) is 18.6 Å². The summed E-state index contributed by atoms with van der Waals surface area (Å²) in [5.74, 6) is 0.268. The fraction of sp³-hybridized carbons (Fsp3) is 0.476. The van der Waals surface area contributed by atoms with E-state index in [4.69, 9.17) is 11.6 Å². The number of carbonyl (C=O) groups excluding carboxylic acids is 2. The van der Waals surface area contributed by atoms with Crippen LogP contribution in [0.5, 0.6) is 0 Å². The first-order chi connectivity index (χ1) is 14.7. The van der Waals surface area contributed by atoms with Crippen molar-refractivity contribution in [1.29, 1.82) is 0 Å². The van der Waals surface area contributed by atoms with Gasteiger partial charge in [0.2, 0.25) is 11.8 Å². The van der Waals surface area contributed by atoms with Gasteiger partial charge in [-0.15, -0.1) is 0 Å². The highest BCUT2D eigenvalue weighted by Gasteiger charge is 2.29. The zero-order chi connectivity index (χ0) is 22.6. The fourth-order valence-electron chi connectivity index (χ4n) is 4.10. The van der Waals surface area contributed by atoms with E-state index >= 15 is 0 Å². The number of likely N-dealkylation sites (N-methyl/N-ethyl adjacent to an activating group) is 1. The second-order valence-electron chi connectivity index (χ2n) is 7.94. The Labute approximate surface area is 187 Å². The van der Waals surface area contributed by atoms with Crippen LogP contribution < -0.4 is 10.6 Å². The second kappa shape index (κ2) is 9.82. The Kier molecular flexibility index (Phi) is 7.38. The van der Waals surface area contributed by atoms with Crippen molar-refractivity contribution in [1.82, 2.24) is 15.1 Å². The minimum absolute atomic E-state index is 0.0680. The quantitative estimate of drug-likeness (QED) is 0.621. The van der Waals surface area contributed by atoms with E-state index in [1.165, 1.54) is 10.7 Å². The van der Waals surface area contributed by atoms with Gasteiger partial charge in [-0.25, -0.2) is 8.42 Å². The summed E-state index contributed by atoms with van der Waals surface area (Å²) >= 11 is 6.26. The lowest BCUT2D eigenvalue weighted by Crippen LogP contribution is -2.24. The van der Waals surface area contributed by atoms with Gasteiger partial charge in [-0.2, -0.15) is 5.10 Å². The van der Waals surface area contributed by atoms with Crippen LogP contribution in [-0.2, 0) is 26.0 Å². The first-order valence-corrected chi connectivity index (χ1v) is 12.5. The standard InChI is InChI=1S/C21H27ClN4O4S/c1-23-21(28)13-26-10-9-19(25-26)24-20(27)12-16(14-5-3-4-6-14)15-7-8-18(17(22)11-15)31(2,29)30/h7-11,14,16H,3-6,12-13H2,1-2H3,(H,23,28)(H,24,25,27). The summed E-state index contributed by atoms with van der Waals surface area (Å²) in [7, 11) is -1.87. The topological polar surface area (TPSA) is 110 Å². The summed E-state index contributed by atoms with van der Waals surface area (Å²) in [4.78, 5) is 24.3. The maximum Gasteiger partial charge on any atom is 0.241 e. The lowest BCUT2D eigenvalue weighted by molar-refractivity contribution is -0.121. The first-order valence-electron chi connectivity index (χ1n) is 10.2. The molecule has 2 aromatic rings. The number of rotatable bonds is 8. The molecule has 31 heavy (non-hydrogen) atoms. The number of carbonyl (C=O) groups is 2. The molecule has 0 saturated heterocycles. The van der Waals surface area contributed by atoms with E-state index in [1.807, 2.05) is 0 Å². The van der Waals surface area contributed by atoms with Crippen LogP contribution in [0.2, 0.25) is 5.02 Å². The minimum atomic E-state index is -3.42. The van der Waals surface area contributed by atoms with Crippen LogP contribution >= 0.6 is 11.6 Å². The Balaban J connectivity index is 1.75. The number of benzene rings is 1. The third-order valence-corrected chi connectivity index (χ3v) is 7.23. The molecule has 0 bridgehead atoms. The van der Waals surface area contributed by atoms with E-state index < -0.39 is 9.84 Å². The maximum absolute atomic E-state index is 12.8. The molecule has 1 fully saturated rings. The normalized spacial score (nSPS) is 15.6. The Bertz CT molecular complexity index is 1060. The molecule has 1 aliphatic carbocycles. The SMILES string of the molecule is CNC(=O)Cn1ccc(NC(=O)CC(c2ccc(S(C)(=O)=O)c(Cl)c2)C2CCCC2)n1. The van der Waals surface area contributed by atoms with E-state index in [2.05, 4.69) is 15.7 Å². The van der Waals surface area contributed by atoms with E-state index in [-0.39, 0.29) is 40.6 Å². The number of nitrogens with one attached hydrogen (secondary N) is 2. The van der Waals surface area contributed by atoms with Gasteiger partial charge in [0.15, 0.2) is 15.7 Å². The van der Waals surface area contributed by atoms with Crippen molar-refractivity contribution < 1.29 is 18.0 Å². The molecule has 2 amide bonds. The number of nitrogens with zero attached hydrogens (tertiary/aromatic N) is 2. The molecule has 1 aromatic heterocycles. The van der Waals surface area contributed by atoms with Gasteiger partial charge in [0, 0.05) is 32.0 Å². The number of hydrogen-bond acceptors (Lipinski definition) is 5. The zero-order valence-corrected chi connectivity index (χ0v) is 19.2. The number of aromatic nitrogens is 2. The average molecular weight is 467 g/mol. The maximum atomic E-state index is 12.8. The molecule has 168 valence electrons. The van der Waals surface area contributed by atoms with Gasteiger partial charge in [-0.3, -0.25) is 14.3 Å². The predicted octanol–water partition coefficient (Wildman–Crippen LogP) is 2.99. The van der Waals surface area contributed by atoms with Crippen LogP contribution in [0.1, 0.15) is 43.6 Å². The number of sulfone groups is 1. The van der Waals surface area contributed by atoms with Crippen LogP contribution in [0.4, 0.5) is 5.82 Å². The molecule has 1 unspecified atom stereocenters. The molecule has 1 aromatic carbocycles. The van der Waals surface area contributed by atoms with Crippen molar-refractivity contribution in [3.8, 4) is 0 Å². The first kappa shape index (κ1) is 23.3. The van der Waals surface area contributed by atoms with Gasteiger partial charge >= 0.3 is 0 Å². The van der Waals surface area contributed by atoms with Crippen molar-refractivity contribution in [2.45, 2.75) is 49.5 Å². The smallest absolute Gasteiger partial charge is 0.241 e. The van der Waals surface area contributed by atoms with E-state index in [0.717, 1.165) is 37.5 Å². The lowest BCUT2D eigenvalue weighted by atomic mass is 9.82. The van der Waals surface area contributed by atoms with Gasteiger partial charge in [0.1, 0.15) is 6.54 Å². The van der Waals surface area contributed by atoms with Crippen molar-refractivity contribution in [3.63, 3.8) is 0 Å². The highest BCUT2D eigenvalue weighted by molar-refractivity contribution is 7.90. The largest absolute Gasteiger partial charge is 0.358 e. The molecule has 1 saturated carbocycles. The number of halogens is 1. The lowest BCUT2D eigenvalue weighted by Gasteiger charge is -2.24. The second-order valence-corrected chi connectivity index (χ2v) is 10.3. The van der Waals surface area contributed by atoms with Crippen molar-refractivity contribution >= 4 is 39.1 Å². The van der Waals surface area contributed by atoms with Crippen LogP contribution in [0.25, 0.3) is 0 Å². The Morgan fingerprint density at radius 2 is 1.94 bits per heavy atom. The molecule has 1 heterocycles. The third kappa shape index (κ3) is 6.07. The van der Waals surface area contributed by atoms with Crippen LogP contribution in [0.15, 0.2) is 35.4 Å². The Morgan fingerprint density at radius 3 is 2.55 bits per heavy atom. The van der Waals surface area contributed by atoms with E-state index in [0.29, 0.717) is 11.7 Å². The summed E-state index contributed by atoms with van der Waals surface area (Å²) in [6, 6.07) is 6.60. The molecule has 0 radical (unpaired) electrons. The summed E-state index contributed by atoms with van der Waals surface area (Å²) in [6.07, 6.45) is 7.25. The predicted molar refractivity (Wildman–Crippen MR) is 119 cm³/mol. The Hall–Kier alpha value is -2.39. The molecule has 0 spiro atoms. The van der Waals surface area contributed by atoms with Gasteiger partial charge in [-0.05, 0) is 42.4 Å². The monoisotopic (exact) mass is 466 g/mol. The van der Waals surface area contributed by atoms with Gasteiger partial charge < -0.3 is 10.6 Å². The number of amides is 2. The molecule has 1 aliphatic rings. The molecular formula is C21H27ClN4O4S. The van der Waals surface area contributed by atoms with Crippen molar-refractivity contribution in [3.05, 3.63) is 41.0 Å². The molecular weight excluding hydrogens is 440 g/mol. The van der Waals surface area contributed by atoms with Crippen molar-refractivity contribution in [2.24, 2.45) is 5.92 Å². The van der Waals surface area contributed by atoms with E-state index in [9.17, 15) is 18.0 Å². The summed E-state index contributed by atoms with van der Waals surface area (Å²) in [5.41, 5.74) is 0.865. The van der Waals surface area contributed by atoms with E-state index in [1.54, 1.807) is 31.4 Å². The van der Waals surface area contributed by atoms with Crippen LogP contribution in [0.3, 0.4) is 0 Å². The fourth-order valence-corrected chi connectivity index (χ4v) is 5.44. The molecule has 8 nitrogen and oxygen atoms in total. The zero-order valence-electron chi connectivity index (χ0n) is 17.6. The van der Waals surface area contributed by atoms with Gasteiger partial charge in [-0.1, -0.05) is 30.5 Å². The third-order valence-electron chi connectivity index (χ3n) is 5.65. The number of anilines is 1. The Morgan fingerprint density at radius 1 is 1.23 bits per heavy atom. The highest BCUT2D eigenvalue weighted by atomic mass is 35.5. The highest BCUT2D eigenvalue weighted by Crippen LogP contribution is 2.40. The average Bonchev–Trinajstić information content (AvgIpc) is 3.37. The molecule has 2 N–H and O–H groups in total. The molecule has 0 aliphatic heterocycles. The van der Waals surface area contributed by atoms with Crippen LogP contribution in [0, 0.1) is 5.92 Å². The molecule has 1 atom stereocenters. The van der Waals surface area contributed by atoms with Gasteiger partial charge in [0.25, 0.3) is 0 Å². The summed E-state index contributed by atoms with van der Waals surface area (Å²) in [5, 5.41) is 9.70. The van der Waals surface area contributed by atoms with Crippen LogP contribution in [-0.4, -0.2) is 43.3 Å².